The van der Waals surface area contributed by atoms with E-state index in [1.807, 2.05) is 31.2 Å². The first-order valence-corrected chi connectivity index (χ1v) is 12.0. The lowest BCUT2D eigenvalue weighted by atomic mass is 10.2. The van der Waals surface area contributed by atoms with Crippen molar-refractivity contribution in [2.75, 3.05) is 12.9 Å². The van der Waals surface area contributed by atoms with Gasteiger partial charge in [-0.15, -0.1) is 23.1 Å². The average Bonchev–Trinajstić information content (AvgIpc) is 3.21. The SMILES string of the molecule is COc1ccc(CNC(=O)CSc2scnc2S(=O)(=O)c2ccc(C)cc2)cc1. The zero-order valence-corrected chi connectivity index (χ0v) is 18.4. The van der Waals surface area contributed by atoms with Gasteiger partial charge >= 0.3 is 0 Å². The highest BCUT2D eigenvalue weighted by molar-refractivity contribution is 8.02. The Bertz CT molecular complexity index is 1080. The molecule has 29 heavy (non-hydrogen) atoms. The van der Waals surface area contributed by atoms with Crippen LogP contribution in [0.5, 0.6) is 5.75 Å². The molecule has 0 aliphatic rings. The van der Waals surface area contributed by atoms with Crippen molar-refractivity contribution in [3.8, 4) is 5.75 Å². The summed E-state index contributed by atoms with van der Waals surface area (Å²) >= 11 is 2.39. The number of aryl methyl sites for hydroxylation is 1. The van der Waals surface area contributed by atoms with E-state index in [1.54, 1.807) is 31.4 Å². The van der Waals surface area contributed by atoms with Crippen molar-refractivity contribution in [2.45, 2.75) is 27.6 Å². The highest BCUT2D eigenvalue weighted by Gasteiger charge is 2.25. The summed E-state index contributed by atoms with van der Waals surface area (Å²) in [6.45, 7) is 2.28. The van der Waals surface area contributed by atoms with Gasteiger partial charge in [0.2, 0.25) is 15.7 Å². The minimum Gasteiger partial charge on any atom is -0.497 e. The molecule has 0 atom stereocenters. The molecule has 0 saturated heterocycles. The molecule has 3 aromatic rings. The first-order chi connectivity index (χ1) is 13.9. The monoisotopic (exact) mass is 448 g/mol. The highest BCUT2D eigenvalue weighted by Crippen LogP contribution is 2.33. The second kappa shape index (κ2) is 9.43. The predicted molar refractivity (Wildman–Crippen MR) is 114 cm³/mol. The van der Waals surface area contributed by atoms with Crippen molar-refractivity contribution in [1.82, 2.24) is 10.3 Å². The summed E-state index contributed by atoms with van der Waals surface area (Å²) < 4.78 is 31.3. The number of carbonyl (C=O) groups is 1. The summed E-state index contributed by atoms with van der Waals surface area (Å²) in [5.74, 6) is 0.676. The van der Waals surface area contributed by atoms with Crippen LogP contribution >= 0.6 is 23.1 Å². The van der Waals surface area contributed by atoms with E-state index in [0.717, 1.165) is 16.9 Å². The third-order valence-corrected chi connectivity index (χ3v) is 8.17. The van der Waals surface area contributed by atoms with Crippen LogP contribution in [0.1, 0.15) is 11.1 Å². The first-order valence-electron chi connectivity index (χ1n) is 8.68. The van der Waals surface area contributed by atoms with Crippen molar-refractivity contribution in [1.29, 1.82) is 0 Å². The average molecular weight is 449 g/mol. The Morgan fingerprint density at radius 3 is 2.48 bits per heavy atom. The largest absolute Gasteiger partial charge is 0.497 e. The Balaban J connectivity index is 1.61. The Kier molecular flexibility index (Phi) is 6.94. The number of amides is 1. The van der Waals surface area contributed by atoms with E-state index >= 15 is 0 Å². The molecule has 0 saturated carbocycles. The number of benzene rings is 2. The molecular weight excluding hydrogens is 428 g/mol. The van der Waals surface area contributed by atoms with Gasteiger partial charge in [0.05, 0.1) is 27.5 Å². The van der Waals surface area contributed by atoms with E-state index in [2.05, 4.69) is 10.3 Å². The molecule has 1 N–H and O–H groups in total. The molecule has 1 aromatic heterocycles. The van der Waals surface area contributed by atoms with Gasteiger partial charge in [-0.3, -0.25) is 4.79 Å². The van der Waals surface area contributed by atoms with Crippen LogP contribution in [0.2, 0.25) is 0 Å². The third-order valence-electron chi connectivity index (χ3n) is 4.07. The van der Waals surface area contributed by atoms with Crippen LogP contribution < -0.4 is 10.1 Å². The summed E-state index contributed by atoms with van der Waals surface area (Å²) in [5, 5.41) is 2.83. The smallest absolute Gasteiger partial charge is 0.230 e. The van der Waals surface area contributed by atoms with Gasteiger partial charge in [0.25, 0.3) is 0 Å². The van der Waals surface area contributed by atoms with Gasteiger partial charge in [-0.05, 0) is 36.8 Å². The number of thioether (sulfide) groups is 1. The quantitative estimate of drug-likeness (QED) is 0.529. The van der Waals surface area contributed by atoms with Gasteiger partial charge in [-0.1, -0.05) is 29.8 Å². The molecule has 152 valence electrons. The zero-order chi connectivity index (χ0) is 20.9. The molecule has 0 radical (unpaired) electrons. The van der Waals surface area contributed by atoms with Crippen LogP contribution in [-0.2, 0) is 21.2 Å². The molecule has 9 heteroatoms. The molecular formula is C20H20N2O4S3. The Morgan fingerprint density at radius 2 is 1.83 bits per heavy atom. The third kappa shape index (κ3) is 5.37. The van der Waals surface area contributed by atoms with Crippen molar-refractivity contribution in [2.24, 2.45) is 0 Å². The summed E-state index contributed by atoms with van der Waals surface area (Å²) in [4.78, 5) is 16.4. The van der Waals surface area contributed by atoms with Gasteiger partial charge in [0.15, 0.2) is 5.03 Å². The van der Waals surface area contributed by atoms with Crippen molar-refractivity contribution in [3.05, 3.63) is 65.2 Å². The summed E-state index contributed by atoms with van der Waals surface area (Å²) in [6.07, 6.45) is 0. The molecule has 1 heterocycles. The maximum absolute atomic E-state index is 12.9. The van der Waals surface area contributed by atoms with E-state index in [-0.39, 0.29) is 21.6 Å². The second-order valence-corrected chi connectivity index (χ2v) is 10.1. The maximum atomic E-state index is 12.9. The summed E-state index contributed by atoms with van der Waals surface area (Å²) in [6, 6.07) is 14.0. The van der Waals surface area contributed by atoms with Crippen LogP contribution in [0.25, 0.3) is 0 Å². The molecule has 0 unspecified atom stereocenters. The van der Waals surface area contributed by atoms with Gasteiger partial charge in [-0.2, -0.15) is 0 Å². The topological polar surface area (TPSA) is 85.4 Å². The van der Waals surface area contributed by atoms with Crippen LogP contribution in [0, 0.1) is 6.92 Å². The van der Waals surface area contributed by atoms with Crippen LogP contribution in [0.3, 0.4) is 0 Å². The number of hydrogen-bond acceptors (Lipinski definition) is 7. The highest BCUT2D eigenvalue weighted by atomic mass is 32.2. The molecule has 0 fully saturated rings. The van der Waals surface area contributed by atoms with E-state index in [4.69, 9.17) is 4.74 Å². The van der Waals surface area contributed by atoms with Gasteiger partial charge in [0.1, 0.15) is 5.75 Å². The minimum absolute atomic E-state index is 0.000641. The lowest BCUT2D eigenvalue weighted by Crippen LogP contribution is -2.24. The molecule has 0 spiro atoms. The standard InChI is InChI=1S/C20H20N2O4S3/c1-14-3-9-17(10-4-14)29(24,25)19-20(28-13-22-19)27-12-18(23)21-11-15-5-7-16(26-2)8-6-15/h3-10,13H,11-12H2,1-2H3,(H,21,23). The lowest BCUT2D eigenvalue weighted by Gasteiger charge is -2.07. The van der Waals surface area contributed by atoms with Crippen LogP contribution in [0.4, 0.5) is 0 Å². The maximum Gasteiger partial charge on any atom is 0.230 e. The molecule has 0 aliphatic carbocycles. The number of rotatable bonds is 8. The number of sulfone groups is 1. The number of nitrogens with one attached hydrogen (secondary N) is 1. The number of nitrogens with zero attached hydrogens (tertiary/aromatic N) is 1. The molecule has 0 aliphatic heterocycles. The predicted octanol–water partition coefficient (Wildman–Crippen LogP) is 3.70. The minimum atomic E-state index is -3.72. The number of thiazole rings is 1. The normalized spacial score (nSPS) is 11.2. The van der Waals surface area contributed by atoms with Gasteiger partial charge < -0.3 is 10.1 Å². The molecule has 3 rings (SSSR count). The van der Waals surface area contributed by atoms with E-state index in [1.165, 1.54) is 28.6 Å². The van der Waals surface area contributed by atoms with Crippen molar-refractivity contribution < 1.29 is 17.9 Å². The van der Waals surface area contributed by atoms with Crippen molar-refractivity contribution in [3.63, 3.8) is 0 Å². The fraction of sp³-hybridized carbons (Fsp3) is 0.200. The van der Waals surface area contributed by atoms with Gasteiger partial charge in [0, 0.05) is 6.54 Å². The molecule has 6 nitrogen and oxygen atoms in total. The number of hydrogen-bond donors (Lipinski definition) is 1. The Labute approximate surface area is 178 Å². The van der Waals surface area contributed by atoms with Crippen molar-refractivity contribution >= 4 is 38.8 Å². The number of carbonyl (C=O) groups excluding carboxylic acids is 1. The van der Waals surface area contributed by atoms with Crippen LogP contribution in [-0.4, -0.2) is 32.2 Å². The van der Waals surface area contributed by atoms with Crippen LogP contribution in [0.15, 0.2) is 68.2 Å². The van der Waals surface area contributed by atoms with Gasteiger partial charge in [-0.25, -0.2) is 13.4 Å². The molecule has 1 amide bonds. The number of ether oxygens (including phenoxy) is 1. The zero-order valence-electron chi connectivity index (χ0n) is 15.9. The summed E-state index contributed by atoms with van der Waals surface area (Å²) in [5.41, 5.74) is 3.41. The summed E-state index contributed by atoms with van der Waals surface area (Å²) in [7, 11) is -2.12. The first kappa shape index (κ1) is 21.4. The molecule has 0 bridgehead atoms. The number of aromatic nitrogens is 1. The van der Waals surface area contributed by atoms with E-state index in [0.29, 0.717) is 10.8 Å². The Hall–Kier alpha value is -2.36. The van der Waals surface area contributed by atoms with E-state index < -0.39 is 9.84 Å². The second-order valence-electron chi connectivity index (χ2n) is 6.17. The fourth-order valence-electron chi connectivity index (χ4n) is 2.46. The Morgan fingerprint density at radius 1 is 1.14 bits per heavy atom. The lowest BCUT2D eigenvalue weighted by molar-refractivity contribution is -0.118. The number of methoxy groups -OCH3 is 1. The molecule has 2 aromatic carbocycles. The van der Waals surface area contributed by atoms with E-state index in [9.17, 15) is 13.2 Å². The fourth-order valence-corrected chi connectivity index (χ4v) is 6.16.